The van der Waals surface area contributed by atoms with Crippen LogP contribution < -0.4 is 15.4 Å². The van der Waals surface area contributed by atoms with Gasteiger partial charge in [-0.25, -0.2) is 4.98 Å². The Balaban J connectivity index is 1.52. The third kappa shape index (κ3) is 14.0. The van der Waals surface area contributed by atoms with Gasteiger partial charge in [0.05, 0.1) is 43.6 Å². The highest BCUT2D eigenvalue weighted by Crippen LogP contribution is 2.33. The first kappa shape index (κ1) is 53.4. The average molecular weight is 978 g/mol. The van der Waals surface area contributed by atoms with Gasteiger partial charge in [0, 0.05) is 80.9 Å². The fraction of sp³-hybridized carbons (Fsp3) is 0.480. The molecule has 0 aliphatic carbocycles. The maximum absolute atomic E-state index is 14.8. The van der Waals surface area contributed by atoms with Crippen molar-refractivity contribution in [3.63, 3.8) is 0 Å². The summed E-state index contributed by atoms with van der Waals surface area (Å²) < 4.78 is 13.9. The van der Waals surface area contributed by atoms with E-state index in [2.05, 4.69) is 15.6 Å². The number of likely N-dealkylation sites (N-methyl/N-ethyl adjacent to an activating group) is 2. The van der Waals surface area contributed by atoms with Crippen molar-refractivity contribution in [1.29, 1.82) is 0 Å². The van der Waals surface area contributed by atoms with Crippen molar-refractivity contribution < 1.29 is 38.6 Å². The third-order valence-electron chi connectivity index (χ3n) is 12.5. The molecule has 1 saturated heterocycles. The molecule has 368 valence electrons. The summed E-state index contributed by atoms with van der Waals surface area (Å²) in [4.78, 5) is 82.4. The monoisotopic (exact) mass is 976 g/mol. The number of halogens is 2. The van der Waals surface area contributed by atoms with E-state index in [-0.39, 0.29) is 44.9 Å². The molecule has 1 aliphatic heterocycles. The number of benzene rings is 3. The third-order valence-corrected chi connectivity index (χ3v) is 13.0. The summed E-state index contributed by atoms with van der Waals surface area (Å²) in [5.74, 6) is -2.17. The Bertz CT molecular complexity index is 2360. The molecule has 5 amide bonds. The van der Waals surface area contributed by atoms with Gasteiger partial charge in [-0.05, 0) is 94.9 Å². The van der Waals surface area contributed by atoms with Crippen LogP contribution in [0.15, 0.2) is 72.9 Å². The number of aliphatic hydroxyl groups is 1. The zero-order valence-electron chi connectivity index (χ0n) is 40.5. The van der Waals surface area contributed by atoms with Crippen LogP contribution in [0.1, 0.15) is 63.4 Å². The Hall–Kier alpha value is -5.52. The largest absolute Gasteiger partial charge is 0.457 e. The summed E-state index contributed by atoms with van der Waals surface area (Å²) in [5.41, 5.74) is 3.15. The van der Waals surface area contributed by atoms with Gasteiger partial charge in [0.1, 0.15) is 29.4 Å². The average Bonchev–Trinajstić information content (AvgIpc) is 3.66. The number of hydrogen-bond acceptors (Lipinski definition) is 10. The fourth-order valence-electron chi connectivity index (χ4n) is 8.14. The number of hydrogen-bond donors (Lipinski definition) is 3. The maximum atomic E-state index is 14.8. The number of methoxy groups -OCH3 is 1. The van der Waals surface area contributed by atoms with Gasteiger partial charge < -0.3 is 49.4 Å². The van der Waals surface area contributed by atoms with Crippen LogP contribution >= 0.6 is 23.2 Å². The van der Waals surface area contributed by atoms with Crippen LogP contribution in [0.4, 0.5) is 0 Å². The Labute approximate surface area is 409 Å². The summed E-state index contributed by atoms with van der Waals surface area (Å²) in [7, 11) is 10.5. The van der Waals surface area contributed by atoms with Crippen molar-refractivity contribution in [2.75, 3.05) is 48.5 Å². The molecule has 1 aliphatic rings. The first-order chi connectivity index (χ1) is 32.3. The lowest BCUT2D eigenvalue weighted by atomic mass is 9.92. The van der Waals surface area contributed by atoms with Gasteiger partial charge in [0.15, 0.2) is 0 Å². The highest BCUT2D eigenvalue weighted by atomic mass is 35.5. The molecule has 5 rings (SSSR count). The molecule has 4 aromatic rings. The number of amides is 5. The number of nitrogens with zero attached hydrogens (tertiary/aromatic N) is 6. The van der Waals surface area contributed by atoms with Crippen molar-refractivity contribution in [1.82, 2.24) is 39.8 Å². The van der Waals surface area contributed by atoms with E-state index in [0.29, 0.717) is 40.1 Å². The van der Waals surface area contributed by atoms with Gasteiger partial charge >= 0.3 is 0 Å². The summed E-state index contributed by atoms with van der Waals surface area (Å²) in [5, 5.41) is 18.1. The summed E-state index contributed by atoms with van der Waals surface area (Å²) in [6.45, 7) is 5.49. The molecule has 6 atom stereocenters. The molecule has 1 unspecified atom stereocenters. The molecule has 18 heteroatoms. The number of aromatic nitrogens is 2. The quantitative estimate of drug-likeness (QED) is 0.142. The molecular weight excluding hydrogens is 912 g/mol. The molecule has 16 nitrogen and oxygen atoms in total. The smallest absolute Gasteiger partial charge is 0.247 e. The molecule has 0 saturated carbocycles. The van der Waals surface area contributed by atoms with E-state index in [1.54, 1.807) is 51.4 Å². The van der Waals surface area contributed by atoms with E-state index in [0.717, 1.165) is 22.6 Å². The zero-order chi connectivity index (χ0) is 49.8. The lowest BCUT2D eigenvalue weighted by Gasteiger charge is -2.35. The molecule has 0 radical (unpaired) electrons. The second-order valence-corrected chi connectivity index (χ2v) is 18.7. The molecule has 1 aromatic heterocycles. The van der Waals surface area contributed by atoms with Crippen LogP contribution in [0.3, 0.4) is 0 Å². The normalized spacial score (nSPS) is 21.1. The number of imidazole rings is 1. The van der Waals surface area contributed by atoms with Crippen LogP contribution in [0.2, 0.25) is 10.0 Å². The number of aliphatic hydroxyl groups excluding tert-OH is 1. The van der Waals surface area contributed by atoms with Gasteiger partial charge in [-0.3, -0.25) is 24.0 Å². The molecule has 1 fully saturated rings. The molecule has 0 spiro atoms. The minimum atomic E-state index is -1.23. The first-order valence-corrected chi connectivity index (χ1v) is 23.6. The number of ether oxygens (including phenoxy) is 2. The van der Waals surface area contributed by atoms with E-state index in [4.69, 9.17) is 32.7 Å². The second kappa shape index (κ2) is 24.7. The Kier molecular flexibility index (Phi) is 19.4. The van der Waals surface area contributed by atoms with Crippen molar-refractivity contribution in [2.24, 2.45) is 13.0 Å². The van der Waals surface area contributed by atoms with E-state index in [1.807, 2.05) is 80.1 Å². The molecule has 68 heavy (non-hydrogen) atoms. The van der Waals surface area contributed by atoms with Gasteiger partial charge in [-0.1, -0.05) is 54.7 Å². The molecule has 3 aromatic carbocycles. The highest BCUT2D eigenvalue weighted by Gasteiger charge is 2.38. The predicted molar refractivity (Wildman–Crippen MR) is 262 cm³/mol. The molecular formula is C50H66Cl2N8O8. The number of carbonyl (C=O) groups is 5. The summed E-state index contributed by atoms with van der Waals surface area (Å²) in [6, 6.07) is 15.8. The van der Waals surface area contributed by atoms with Crippen LogP contribution in [0, 0.1) is 5.92 Å². The van der Waals surface area contributed by atoms with Crippen LogP contribution in [-0.4, -0.2) is 143 Å². The van der Waals surface area contributed by atoms with Gasteiger partial charge in [-0.2, -0.15) is 0 Å². The van der Waals surface area contributed by atoms with Crippen molar-refractivity contribution in [3.8, 4) is 22.8 Å². The highest BCUT2D eigenvalue weighted by molar-refractivity contribution is 6.31. The number of nitrogens with one attached hydrogen (secondary N) is 2. The topological polar surface area (TPSA) is 179 Å². The van der Waals surface area contributed by atoms with Crippen LogP contribution in [0.25, 0.3) is 11.3 Å². The van der Waals surface area contributed by atoms with Gasteiger partial charge in [0.2, 0.25) is 29.5 Å². The fourth-order valence-corrected chi connectivity index (χ4v) is 8.43. The Morgan fingerprint density at radius 1 is 0.897 bits per heavy atom. The summed E-state index contributed by atoms with van der Waals surface area (Å²) >= 11 is 12.7. The number of rotatable bonds is 14. The van der Waals surface area contributed by atoms with Crippen molar-refractivity contribution >= 4 is 52.7 Å². The first-order valence-electron chi connectivity index (χ1n) is 22.8. The molecule has 0 bridgehead atoms. The summed E-state index contributed by atoms with van der Waals surface area (Å²) in [6.07, 6.45) is 1.11. The van der Waals surface area contributed by atoms with Gasteiger partial charge in [-0.15, -0.1) is 0 Å². The van der Waals surface area contributed by atoms with Crippen LogP contribution in [-0.2, 0) is 55.3 Å². The standard InChI is InChI=1S/C50H66Cl2N8O8/c1-10-11-43(61)40-25-47(63)60(28-35-14-19-37(52)23-44(35)68-39-20-15-34(16-21-39)42-27-53-45(59(42)8)29-56(4)5)32(3)48(64)55-41(30-67-9)50(66)58(7)38(22-33-12-17-36(51)18-13-33)24-46(62)54-26-31(2)57(6)49(40)65/h12-21,23,27,31-32,38,40-41,43,61H,10-11,22,24-26,28-30H2,1-9H3,(H,54,62)(H,55,64)/t31-,32-,38-,40-,41-,43?/m0/s1. The van der Waals surface area contributed by atoms with Crippen molar-refractivity contribution in [3.05, 3.63) is 99.9 Å². The predicted octanol–water partition coefficient (Wildman–Crippen LogP) is 5.70. The van der Waals surface area contributed by atoms with Gasteiger partial charge in [0.25, 0.3) is 0 Å². The number of carbonyl (C=O) groups excluding carboxylic acids is 5. The Morgan fingerprint density at radius 3 is 2.22 bits per heavy atom. The maximum Gasteiger partial charge on any atom is 0.247 e. The lowest BCUT2D eigenvalue weighted by molar-refractivity contribution is -0.149. The van der Waals surface area contributed by atoms with Crippen molar-refractivity contribution in [2.45, 2.75) is 96.2 Å². The van der Waals surface area contributed by atoms with E-state index in [9.17, 15) is 29.1 Å². The molecule has 3 N–H and O–H groups in total. The SMILES string of the molecule is CCCC(O)[C@@H]1CC(=O)N(Cc2ccc(Cl)cc2Oc2ccc(-c3cnc(CN(C)C)n3C)cc2)[C@@H](C)C(=O)N[C@@H](COC)C(=O)N(C)[C@@H](Cc2ccc(Cl)cc2)CC(=O)NC[C@H](C)N(C)C1=O. The minimum absolute atomic E-state index is 0.0611. The zero-order valence-corrected chi connectivity index (χ0v) is 42.0. The lowest BCUT2D eigenvalue weighted by Crippen LogP contribution is -2.57. The molecule has 2 heterocycles. The van der Waals surface area contributed by atoms with E-state index in [1.165, 1.54) is 28.7 Å². The van der Waals surface area contributed by atoms with E-state index >= 15 is 0 Å². The Morgan fingerprint density at radius 2 is 1.57 bits per heavy atom. The van der Waals surface area contributed by atoms with Crippen LogP contribution in [0.5, 0.6) is 11.5 Å². The minimum Gasteiger partial charge on any atom is -0.457 e. The van der Waals surface area contributed by atoms with E-state index < -0.39 is 66.2 Å². The second-order valence-electron chi connectivity index (χ2n) is 17.9.